The molecule has 118 valence electrons. The van der Waals surface area contributed by atoms with E-state index in [0.29, 0.717) is 23.9 Å². The molecular weight excluding hydrogens is 313 g/mol. The molecule has 0 aliphatic carbocycles. The zero-order chi connectivity index (χ0) is 13.1. The van der Waals surface area contributed by atoms with Gasteiger partial charge in [0.05, 0.1) is 12.7 Å². The van der Waals surface area contributed by atoms with Crippen molar-refractivity contribution >= 4 is 30.7 Å². The third kappa shape index (κ3) is 4.30. The van der Waals surface area contributed by atoms with Crippen molar-refractivity contribution in [2.75, 3.05) is 26.2 Å². The molecule has 1 aromatic heterocycles. The number of amides is 1. The van der Waals surface area contributed by atoms with Crippen molar-refractivity contribution in [2.24, 2.45) is 11.8 Å². The fourth-order valence-electron chi connectivity index (χ4n) is 2.96. The van der Waals surface area contributed by atoms with E-state index < -0.39 is 0 Å². The van der Waals surface area contributed by atoms with Crippen LogP contribution in [0.4, 0.5) is 0 Å². The molecule has 1 amide bonds. The average Bonchev–Trinajstić information content (AvgIpc) is 2.89. The van der Waals surface area contributed by atoms with Crippen molar-refractivity contribution in [1.82, 2.24) is 15.6 Å². The normalized spacial score (nSPS) is 27.0. The maximum absolute atomic E-state index is 12.0. The molecule has 0 aromatic carbocycles. The lowest BCUT2D eigenvalue weighted by Crippen LogP contribution is -2.43. The summed E-state index contributed by atoms with van der Waals surface area (Å²) in [6, 6.07) is 3.44. The van der Waals surface area contributed by atoms with Crippen molar-refractivity contribution in [3.8, 4) is 0 Å². The number of carbonyl (C=O) groups excluding carboxylic acids is 1. The zero-order valence-electron chi connectivity index (χ0n) is 11.7. The van der Waals surface area contributed by atoms with Crippen LogP contribution < -0.4 is 10.6 Å². The van der Waals surface area contributed by atoms with E-state index in [1.165, 1.54) is 6.42 Å². The third-order valence-electron chi connectivity index (χ3n) is 4.09. The van der Waals surface area contributed by atoms with Crippen LogP contribution in [0.25, 0.3) is 0 Å². The number of pyridine rings is 1. The van der Waals surface area contributed by atoms with E-state index in [4.69, 9.17) is 4.74 Å². The van der Waals surface area contributed by atoms with Gasteiger partial charge in [0.25, 0.3) is 5.91 Å². The monoisotopic (exact) mass is 333 g/mol. The number of nitrogens with zero attached hydrogens (tertiary/aromatic N) is 1. The van der Waals surface area contributed by atoms with Crippen molar-refractivity contribution < 1.29 is 9.53 Å². The topological polar surface area (TPSA) is 63.2 Å². The lowest BCUT2D eigenvalue weighted by Gasteiger charge is -2.28. The second kappa shape index (κ2) is 8.54. The summed E-state index contributed by atoms with van der Waals surface area (Å²) in [5.41, 5.74) is 0.645. The van der Waals surface area contributed by atoms with Crippen LogP contribution in [0.1, 0.15) is 16.8 Å². The smallest absolute Gasteiger partial charge is 0.251 e. The largest absolute Gasteiger partial charge is 0.376 e. The van der Waals surface area contributed by atoms with Crippen LogP contribution in [0.2, 0.25) is 0 Å². The Balaban J connectivity index is 0.00000110. The summed E-state index contributed by atoms with van der Waals surface area (Å²) in [4.78, 5) is 15.9. The van der Waals surface area contributed by atoms with E-state index >= 15 is 0 Å². The quantitative estimate of drug-likeness (QED) is 0.874. The molecule has 2 saturated heterocycles. The van der Waals surface area contributed by atoms with E-state index in [1.54, 1.807) is 24.5 Å². The maximum Gasteiger partial charge on any atom is 0.251 e. The zero-order valence-corrected chi connectivity index (χ0v) is 13.3. The predicted octanol–water partition coefficient (Wildman–Crippen LogP) is 1.28. The molecule has 2 aliphatic rings. The van der Waals surface area contributed by atoms with Gasteiger partial charge in [-0.25, -0.2) is 0 Å². The SMILES string of the molecule is Cl.Cl.O=C(NC[C@H]1OC[C@@H]2CCNC[C@@H]21)c1ccncc1. The first-order valence-electron chi connectivity index (χ1n) is 6.85. The van der Waals surface area contributed by atoms with Gasteiger partial charge in [0, 0.05) is 37.0 Å². The summed E-state index contributed by atoms with van der Waals surface area (Å²) in [6.45, 7) is 3.51. The van der Waals surface area contributed by atoms with Crippen LogP contribution in [0.5, 0.6) is 0 Å². The summed E-state index contributed by atoms with van der Waals surface area (Å²) >= 11 is 0. The molecule has 5 nitrogen and oxygen atoms in total. The molecule has 3 atom stereocenters. The lowest BCUT2D eigenvalue weighted by atomic mass is 9.85. The first kappa shape index (κ1) is 18.2. The van der Waals surface area contributed by atoms with Crippen LogP contribution in [0, 0.1) is 11.8 Å². The summed E-state index contributed by atoms with van der Waals surface area (Å²) in [6.07, 6.45) is 4.58. The van der Waals surface area contributed by atoms with Gasteiger partial charge in [0.2, 0.25) is 0 Å². The van der Waals surface area contributed by atoms with Crippen molar-refractivity contribution in [3.63, 3.8) is 0 Å². The van der Waals surface area contributed by atoms with E-state index in [0.717, 1.165) is 19.7 Å². The predicted molar refractivity (Wildman–Crippen MR) is 85.3 cm³/mol. The lowest BCUT2D eigenvalue weighted by molar-refractivity contribution is 0.0776. The molecule has 2 N–H and O–H groups in total. The first-order chi connectivity index (χ1) is 9.34. The van der Waals surface area contributed by atoms with Crippen LogP contribution in [0.3, 0.4) is 0 Å². The van der Waals surface area contributed by atoms with Crippen molar-refractivity contribution in [2.45, 2.75) is 12.5 Å². The highest BCUT2D eigenvalue weighted by atomic mass is 35.5. The number of halogens is 2. The number of ether oxygens (including phenoxy) is 1. The van der Waals surface area contributed by atoms with E-state index in [9.17, 15) is 4.79 Å². The second-order valence-electron chi connectivity index (χ2n) is 5.23. The second-order valence-corrected chi connectivity index (χ2v) is 5.23. The standard InChI is InChI=1S/C14H19N3O2.2ClH/c18-14(10-1-4-15-5-2-10)17-8-13-12-7-16-6-3-11(12)9-19-13;;/h1-2,4-5,11-13,16H,3,6-9H2,(H,17,18);2*1H/t11-,12-,13+;;/m0../s1. The molecular formula is C14H21Cl2N3O2. The molecule has 0 saturated carbocycles. The molecule has 3 heterocycles. The van der Waals surface area contributed by atoms with Gasteiger partial charge in [0.1, 0.15) is 0 Å². The van der Waals surface area contributed by atoms with Crippen LogP contribution in [-0.4, -0.2) is 43.2 Å². The summed E-state index contributed by atoms with van der Waals surface area (Å²) in [5.74, 6) is 1.13. The number of carbonyl (C=O) groups is 1. The Morgan fingerprint density at radius 1 is 1.38 bits per heavy atom. The number of hydrogen-bond donors (Lipinski definition) is 2. The van der Waals surface area contributed by atoms with Gasteiger partial charge < -0.3 is 15.4 Å². The minimum atomic E-state index is -0.0572. The highest BCUT2D eigenvalue weighted by Gasteiger charge is 2.38. The highest BCUT2D eigenvalue weighted by Crippen LogP contribution is 2.30. The molecule has 0 spiro atoms. The summed E-state index contributed by atoms with van der Waals surface area (Å²) in [7, 11) is 0. The number of hydrogen-bond acceptors (Lipinski definition) is 4. The molecule has 0 unspecified atom stereocenters. The first-order valence-corrected chi connectivity index (χ1v) is 6.85. The Bertz CT molecular complexity index is 447. The molecule has 2 fully saturated rings. The molecule has 7 heteroatoms. The third-order valence-corrected chi connectivity index (χ3v) is 4.09. The van der Waals surface area contributed by atoms with Crippen molar-refractivity contribution in [1.29, 1.82) is 0 Å². The number of nitrogens with one attached hydrogen (secondary N) is 2. The fourth-order valence-corrected chi connectivity index (χ4v) is 2.96. The Kier molecular flexibility index (Phi) is 7.39. The minimum absolute atomic E-state index is 0. The van der Waals surface area contributed by atoms with Crippen LogP contribution >= 0.6 is 24.8 Å². The van der Waals surface area contributed by atoms with Crippen molar-refractivity contribution in [3.05, 3.63) is 30.1 Å². The Morgan fingerprint density at radius 3 is 2.90 bits per heavy atom. The highest BCUT2D eigenvalue weighted by molar-refractivity contribution is 5.93. The summed E-state index contributed by atoms with van der Waals surface area (Å²) in [5, 5.41) is 6.36. The molecule has 1 aromatic rings. The van der Waals surface area contributed by atoms with E-state index in [-0.39, 0.29) is 36.8 Å². The van der Waals surface area contributed by atoms with Gasteiger partial charge in [-0.2, -0.15) is 0 Å². The number of aromatic nitrogens is 1. The van der Waals surface area contributed by atoms with Gasteiger partial charge in [-0.1, -0.05) is 0 Å². The Hall–Kier alpha value is -0.880. The van der Waals surface area contributed by atoms with Gasteiger partial charge in [0.15, 0.2) is 0 Å². The number of piperidine rings is 1. The van der Waals surface area contributed by atoms with E-state index in [2.05, 4.69) is 15.6 Å². The minimum Gasteiger partial charge on any atom is -0.376 e. The molecule has 2 aliphatic heterocycles. The van der Waals surface area contributed by atoms with Crippen LogP contribution in [0.15, 0.2) is 24.5 Å². The molecule has 3 rings (SSSR count). The van der Waals surface area contributed by atoms with E-state index in [1.807, 2.05) is 0 Å². The van der Waals surface area contributed by atoms with Gasteiger partial charge in [-0.05, 0) is 31.0 Å². The molecule has 0 radical (unpaired) electrons. The Labute approximate surface area is 137 Å². The Morgan fingerprint density at radius 2 is 2.14 bits per heavy atom. The van der Waals surface area contributed by atoms with Gasteiger partial charge in [-0.15, -0.1) is 24.8 Å². The molecule has 0 bridgehead atoms. The number of rotatable bonds is 3. The maximum atomic E-state index is 12.0. The molecule has 21 heavy (non-hydrogen) atoms. The van der Waals surface area contributed by atoms with Gasteiger partial charge in [-0.3, -0.25) is 9.78 Å². The fraction of sp³-hybridized carbons (Fsp3) is 0.571. The van der Waals surface area contributed by atoms with Gasteiger partial charge >= 0.3 is 0 Å². The number of fused-ring (bicyclic) bond motifs is 1. The summed E-state index contributed by atoms with van der Waals surface area (Å²) < 4.78 is 5.82. The van der Waals surface area contributed by atoms with Crippen LogP contribution in [-0.2, 0) is 4.74 Å². The average molecular weight is 334 g/mol.